The summed E-state index contributed by atoms with van der Waals surface area (Å²) in [4.78, 5) is 4.33. The Bertz CT molecular complexity index is 1060. The summed E-state index contributed by atoms with van der Waals surface area (Å²) in [5, 5.41) is 2.51. The normalized spacial score (nSPS) is 17.4. The van der Waals surface area contributed by atoms with Gasteiger partial charge in [0.25, 0.3) is 0 Å². The van der Waals surface area contributed by atoms with E-state index in [1.54, 1.807) is 6.07 Å². The number of isothiocyanates is 1. The van der Waals surface area contributed by atoms with Gasteiger partial charge in [-0.2, -0.15) is 0 Å². The molecule has 0 bridgehead atoms. The summed E-state index contributed by atoms with van der Waals surface area (Å²) in [6, 6.07) is 21.0. The van der Waals surface area contributed by atoms with E-state index >= 15 is 0 Å². The van der Waals surface area contributed by atoms with Crippen LogP contribution in [0.5, 0.6) is 5.75 Å². The van der Waals surface area contributed by atoms with E-state index in [1.807, 2.05) is 42.5 Å². The van der Waals surface area contributed by atoms with Gasteiger partial charge in [0.05, 0.1) is 25.0 Å². The van der Waals surface area contributed by atoms with Crippen LogP contribution in [0.2, 0.25) is 0 Å². The van der Waals surface area contributed by atoms with Crippen molar-refractivity contribution in [3.05, 3.63) is 89.2 Å². The molecular weight excluding hydrogens is 385 g/mol. The fourth-order valence-corrected chi connectivity index (χ4v) is 3.85. The molecule has 3 aromatic carbocycles. The Morgan fingerprint density at radius 2 is 1.83 bits per heavy atom. The van der Waals surface area contributed by atoms with Crippen molar-refractivity contribution in [3.8, 4) is 16.9 Å². The van der Waals surface area contributed by atoms with Crippen LogP contribution in [0.15, 0.2) is 71.7 Å². The molecule has 5 heteroatoms. The number of benzene rings is 3. The molecule has 1 aliphatic carbocycles. The Balaban J connectivity index is 1.44. The highest BCUT2D eigenvalue weighted by Gasteiger charge is 2.32. The maximum atomic E-state index is 14.0. The van der Waals surface area contributed by atoms with Crippen molar-refractivity contribution in [2.75, 3.05) is 7.11 Å². The lowest BCUT2D eigenvalue weighted by atomic mass is 10.0. The van der Waals surface area contributed by atoms with Crippen LogP contribution in [0.25, 0.3) is 11.1 Å². The van der Waals surface area contributed by atoms with Crippen molar-refractivity contribution in [2.45, 2.75) is 25.2 Å². The number of ether oxygens (including phenoxy) is 2. The lowest BCUT2D eigenvalue weighted by Gasteiger charge is -2.17. The molecule has 0 N–H and O–H groups in total. The van der Waals surface area contributed by atoms with Crippen molar-refractivity contribution >= 4 is 17.4 Å². The molecule has 0 spiro atoms. The Labute approximate surface area is 174 Å². The molecule has 29 heavy (non-hydrogen) atoms. The molecule has 0 aromatic heterocycles. The van der Waals surface area contributed by atoms with Gasteiger partial charge in [0.1, 0.15) is 6.04 Å². The number of nitrogens with zero attached hydrogens (tertiary/aromatic N) is 1. The van der Waals surface area contributed by atoms with Gasteiger partial charge < -0.3 is 9.47 Å². The van der Waals surface area contributed by atoms with Gasteiger partial charge in [0.2, 0.25) is 0 Å². The third-order valence-electron chi connectivity index (χ3n) is 5.24. The summed E-state index contributed by atoms with van der Waals surface area (Å²) in [6.45, 7) is 0.472. The van der Waals surface area contributed by atoms with E-state index in [1.165, 1.54) is 18.7 Å². The van der Waals surface area contributed by atoms with Crippen LogP contribution < -0.4 is 4.74 Å². The van der Waals surface area contributed by atoms with E-state index in [0.717, 1.165) is 28.7 Å². The second kappa shape index (κ2) is 8.66. The van der Waals surface area contributed by atoms with Crippen molar-refractivity contribution in [1.82, 2.24) is 0 Å². The highest BCUT2D eigenvalue weighted by atomic mass is 32.1. The SMILES string of the molecule is COc1ccc(-c2ccc(COC3Cc4ccccc4C3N=C=S)cc2)cc1F. The summed E-state index contributed by atoms with van der Waals surface area (Å²) in [5.74, 6) is -0.131. The molecule has 3 aromatic rings. The Morgan fingerprint density at radius 3 is 2.55 bits per heavy atom. The molecule has 0 heterocycles. The molecule has 0 radical (unpaired) electrons. The maximum Gasteiger partial charge on any atom is 0.165 e. The number of hydrogen-bond acceptors (Lipinski definition) is 4. The number of hydrogen-bond donors (Lipinski definition) is 0. The van der Waals surface area contributed by atoms with Crippen molar-refractivity contribution < 1.29 is 13.9 Å². The lowest BCUT2D eigenvalue weighted by molar-refractivity contribution is 0.0320. The highest BCUT2D eigenvalue weighted by molar-refractivity contribution is 7.78. The fourth-order valence-electron chi connectivity index (χ4n) is 3.74. The summed E-state index contributed by atoms with van der Waals surface area (Å²) >= 11 is 4.83. The number of methoxy groups -OCH3 is 1. The van der Waals surface area contributed by atoms with Crippen molar-refractivity contribution in [2.24, 2.45) is 4.99 Å². The van der Waals surface area contributed by atoms with Gasteiger partial charge in [-0.15, -0.1) is 0 Å². The minimum atomic E-state index is -0.372. The average Bonchev–Trinajstić information content (AvgIpc) is 3.10. The molecule has 0 aliphatic heterocycles. The zero-order valence-corrected chi connectivity index (χ0v) is 16.8. The molecule has 0 saturated heterocycles. The fraction of sp³-hybridized carbons (Fsp3) is 0.208. The molecule has 2 atom stereocenters. The molecule has 146 valence electrons. The number of aliphatic imine (C=N–C) groups is 1. The van der Waals surface area contributed by atoms with E-state index in [4.69, 9.17) is 21.7 Å². The number of halogens is 1. The Morgan fingerprint density at radius 1 is 1.07 bits per heavy atom. The third kappa shape index (κ3) is 4.13. The molecule has 3 nitrogen and oxygen atoms in total. The molecule has 4 rings (SSSR count). The molecular formula is C24H20FNO2S. The standard InChI is InChI=1S/C24H20FNO2S/c1-27-22-11-10-18(12-21(22)25)17-8-6-16(7-9-17)14-28-23-13-19-4-2-3-5-20(19)24(23)26-15-29/h2-12,23-24H,13-14H2,1H3. The second-order valence-electron chi connectivity index (χ2n) is 6.96. The predicted molar refractivity (Wildman–Crippen MR) is 115 cm³/mol. The molecule has 2 unspecified atom stereocenters. The van der Waals surface area contributed by atoms with E-state index < -0.39 is 0 Å². The summed E-state index contributed by atoms with van der Waals surface area (Å²) in [7, 11) is 1.46. The van der Waals surface area contributed by atoms with Gasteiger partial charge in [-0.05, 0) is 52.2 Å². The zero-order chi connectivity index (χ0) is 20.2. The largest absolute Gasteiger partial charge is 0.494 e. The first-order valence-electron chi connectivity index (χ1n) is 9.39. The van der Waals surface area contributed by atoms with Crippen LogP contribution in [0.4, 0.5) is 4.39 Å². The van der Waals surface area contributed by atoms with Gasteiger partial charge in [0.15, 0.2) is 11.6 Å². The molecule has 0 fully saturated rings. The number of rotatable bonds is 6. The molecule has 0 amide bonds. The van der Waals surface area contributed by atoms with Gasteiger partial charge >= 0.3 is 0 Å². The summed E-state index contributed by atoms with van der Waals surface area (Å²) in [6.07, 6.45) is 0.753. The predicted octanol–water partition coefficient (Wildman–Crippen LogP) is 5.79. The first-order valence-corrected chi connectivity index (χ1v) is 9.79. The van der Waals surface area contributed by atoms with Gasteiger partial charge in [0, 0.05) is 6.42 Å². The van der Waals surface area contributed by atoms with E-state index in [9.17, 15) is 4.39 Å². The summed E-state index contributed by atoms with van der Waals surface area (Å²) in [5.41, 5.74) is 5.19. The van der Waals surface area contributed by atoms with E-state index in [2.05, 4.69) is 22.3 Å². The second-order valence-corrected chi connectivity index (χ2v) is 7.15. The topological polar surface area (TPSA) is 30.8 Å². The Hall–Kier alpha value is -2.85. The minimum absolute atomic E-state index is 0.0572. The number of fused-ring (bicyclic) bond motifs is 1. The van der Waals surface area contributed by atoms with Gasteiger partial charge in [-0.3, -0.25) is 0 Å². The van der Waals surface area contributed by atoms with Crippen LogP contribution in [-0.2, 0) is 17.8 Å². The van der Waals surface area contributed by atoms with E-state index in [-0.39, 0.29) is 23.7 Å². The van der Waals surface area contributed by atoms with Gasteiger partial charge in [-0.1, -0.05) is 54.6 Å². The van der Waals surface area contributed by atoms with Crippen molar-refractivity contribution in [3.63, 3.8) is 0 Å². The monoisotopic (exact) mass is 405 g/mol. The summed E-state index contributed by atoms with van der Waals surface area (Å²) < 4.78 is 25.1. The number of thiocarbonyl (C=S) groups is 1. The quantitative estimate of drug-likeness (QED) is 0.384. The molecule has 1 aliphatic rings. The zero-order valence-electron chi connectivity index (χ0n) is 16.0. The van der Waals surface area contributed by atoms with Crippen LogP contribution in [-0.4, -0.2) is 18.4 Å². The average molecular weight is 405 g/mol. The maximum absolute atomic E-state index is 14.0. The van der Waals surface area contributed by atoms with Gasteiger partial charge in [-0.25, -0.2) is 9.38 Å². The minimum Gasteiger partial charge on any atom is -0.494 e. The van der Waals surface area contributed by atoms with Crippen LogP contribution in [0.3, 0.4) is 0 Å². The van der Waals surface area contributed by atoms with Crippen molar-refractivity contribution in [1.29, 1.82) is 0 Å². The molecule has 0 saturated carbocycles. The van der Waals surface area contributed by atoms with Crippen LogP contribution >= 0.6 is 12.2 Å². The third-order valence-corrected chi connectivity index (χ3v) is 5.35. The van der Waals surface area contributed by atoms with Crippen LogP contribution in [0, 0.1) is 5.82 Å². The van der Waals surface area contributed by atoms with E-state index in [0.29, 0.717) is 6.61 Å². The first kappa shape index (κ1) is 19.5. The lowest BCUT2D eigenvalue weighted by Crippen LogP contribution is -2.17. The smallest absolute Gasteiger partial charge is 0.165 e. The van der Waals surface area contributed by atoms with Crippen LogP contribution in [0.1, 0.15) is 22.7 Å². The Kier molecular flexibility index (Phi) is 5.81. The first-order chi connectivity index (χ1) is 14.2. The highest BCUT2D eigenvalue weighted by Crippen LogP contribution is 2.36.